The van der Waals surface area contributed by atoms with Crippen LogP contribution >= 0.6 is 0 Å². The number of ether oxygens (including phenoxy) is 1. The number of nitrogens with two attached hydrogens (primary N) is 1. The van der Waals surface area contributed by atoms with Crippen LogP contribution in [-0.2, 0) is 4.79 Å². The molecule has 0 fully saturated rings. The molecule has 1 amide bonds. The zero-order valence-electron chi connectivity index (χ0n) is 12.5. The fraction of sp³-hybridized carbons (Fsp3) is 0.235. The second-order valence-electron chi connectivity index (χ2n) is 4.99. The molecule has 2 aromatic carbocycles. The number of carbonyl (C=O) groups is 1. The monoisotopic (exact) mass is 284 g/mol. The Labute approximate surface area is 124 Å². The summed E-state index contributed by atoms with van der Waals surface area (Å²) in [6.07, 6.45) is 0. The summed E-state index contributed by atoms with van der Waals surface area (Å²) < 4.78 is 5.31. The second-order valence-corrected chi connectivity index (χ2v) is 4.99. The molecule has 21 heavy (non-hydrogen) atoms. The van der Waals surface area contributed by atoms with Crippen molar-refractivity contribution < 1.29 is 9.53 Å². The smallest absolute Gasteiger partial charge is 0.244 e. The van der Waals surface area contributed by atoms with Crippen molar-refractivity contribution in [1.82, 2.24) is 0 Å². The van der Waals surface area contributed by atoms with E-state index < -0.39 is 11.9 Å². The molecule has 0 heterocycles. The van der Waals surface area contributed by atoms with Gasteiger partial charge >= 0.3 is 0 Å². The highest BCUT2D eigenvalue weighted by Gasteiger charge is 2.22. The van der Waals surface area contributed by atoms with Gasteiger partial charge in [0, 0.05) is 0 Å². The predicted octanol–water partition coefficient (Wildman–Crippen LogP) is 2.95. The number of amides is 1. The van der Waals surface area contributed by atoms with E-state index in [1.165, 1.54) is 0 Å². The van der Waals surface area contributed by atoms with Crippen molar-refractivity contribution >= 4 is 11.6 Å². The molecule has 2 aromatic rings. The topological polar surface area (TPSA) is 64.3 Å². The molecule has 0 spiro atoms. The molecule has 1 atom stereocenters. The van der Waals surface area contributed by atoms with E-state index in [1.54, 1.807) is 7.11 Å². The Morgan fingerprint density at radius 2 is 1.71 bits per heavy atom. The van der Waals surface area contributed by atoms with Gasteiger partial charge in [-0.3, -0.25) is 4.79 Å². The molecule has 4 heteroatoms. The van der Waals surface area contributed by atoms with E-state index in [9.17, 15) is 4.79 Å². The first-order chi connectivity index (χ1) is 10.0. The number of para-hydroxylation sites is 2. The number of nitrogens with one attached hydrogen (secondary N) is 1. The summed E-state index contributed by atoms with van der Waals surface area (Å²) >= 11 is 0. The van der Waals surface area contributed by atoms with Gasteiger partial charge in [-0.1, -0.05) is 30.3 Å². The lowest BCUT2D eigenvalue weighted by Gasteiger charge is -2.22. The molecule has 0 aliphatic rings. The Morgan fingerprint density at radius 3 is 2.29 bits per heavy atom. The van der Waals surface area contributed by atoms with Crippen LogP contribution in [0.2, 0.25) is 0 Å². The van der Waals surface area contributed by atoms with Crippen molar-refractivity contribution in [1.29, 1.82) is 0 Å². The van der Waals surface area contributed by atoms with Crippen LogP contribution < -0.4 is 15.8 Å². The lowest BCUT2D eigenvalue weighted by atomic mass is 9.95. The number of hydrogen-bond acceptors (Lipinski definition) is 3. The van der Waals surface area contributed by atoms with E-state index in [-0.39, 0.29) is 0 Å². The molecule has 0 aliphatic heterocycles. The summed E-state index contributed by atoms with van der Waals surface area (Å²) in [6, 6.07) is 12.8. The van der Waals surface area contributed by atoms with Crippen LogP contribution in [0.25, 0.3) is 0 Å². The van der Waals surface area contributed by atoms with Gasteiger partial charge in [-0.05, 0) is 42.7 Å². The zero-order valence-corrected chi connectivity index (χ0v) is 12.5. The largest absolute Gasteiger partial charge is 0.495 e. The fourth-order valence-electron chi connectivity index (χ4n) is 2.49. The fourth-order valence-corrected chi connectivity index (χ4v) is 2.49. The molecule has 110 valence electrons. The van der Waals surface area contributed by atoms with Crippen LogP contribution in [0.4, 0.5) is 5.69 Å². The predicted molar refractivity (Wildman–Crippen MR) is 84.5 cm³/mol. The molecule has 0 saturated heterocycles. The second kappa shape index (κ2) is 6.31. The van der Waals surface area contributed by atoms with Gasteiger partial charge in [0.25, 0.3) is 0 Å². The maximum absolute atomic E-state index is 11.9. The maximum Gasteiger partial charge on any atom is 0.244 e. The van der Waals surface area contributed by atoms with Crippen LogP contribution in [-0.4, -0.2) is 13.0 Å². The SMILES string of the molecule is COc1ccccc1NC(C(N)=O)c1c(C)cccc1C. The van der Waals surface area contributed by atoms with Crippen molar-refractivity contribution in [2.75, 3.05) is 12.4 Å². The number of primary amides is 1. The minimum atomic E-state index is -0.595. The Bertz CT molecular complexity index is 633. The third kappa shape index (κ3) is 3.16. The molecule has 3 N–H and O–H groups in total. The van der Waals surface area contributed by atoms with Crippen LogP contribution in [0.5, 0.6) is 5.75 Å². The van der Waals surface area contributed by atoms with Crippen molar-refractivity contribution in [3.05, 3.63) is 59.2 Å². The quantitative estimate of drug-likeness (QED) is 0.887. The first-order valence-corrected chi connectivity index (χ1v) is 6.79. The van der Waals surface area contributed by atoms with E-state index >= 15 is 0 Å². The third-order valence-corrected chi connectivity index (χ3v) is 3.52. The highest BCUT2D eigenvalue weighted by Crippen LogP contribution is 2.30. The van der Waals surface area contributed by atoms with Crippen molar-refractivity contribution in [3.63, 3.8) is 0 Å². The van der Waals surface area contributed by atoms with Gasteiger partial charge in [-0.15, -0.1) is 0 Å². The van der Waals surface area contributed by atoms with E-state index in [2.05, 4.69) is 5.32 Å². The Balaban J connectivity index is 2.43. The van der Waals surface area contributed by atoms with Crippen molar-refractivity contribution in [3.8, 4) is 5.75 Å². The van der Waals surface area contributed by atoms with Crippen LogP contribution in [0, 0.1) is 13.8 Å². The molecule has 1 unspecified atom stereocenters. The van der Waals surface area contributed by atoms with E-state index in [0.29, 0.717) is 5.75 Å². The summed E-state index contributed by atoms with van der Waals surface area (Å²) in [7, 11) is 1.60. The Kier molecular flexibility index (Phi) is 4.48. The number of benzene rings is 2. The van der Waals surface area contributed by atoms with Gasteiger partial charge in [0.1, 0.15) is 11.8 Å². The number of hydrogen-bond donors (Lipinski definition) is 2. The lowest BCUT2D eigenvalue weighted by Crippen LogP contribution is -2.29. The summed E-state index contributed by atoms with van der Waals surface area (Å²) in [5, 5.41) is 3.20. The van der Waals surface area contributed by atoms with Gasteiger partial charge in [0.2, 0.25) is 5.91 Å². The molecule has 2 rings (SSSR count). The van der Waals surface area contributed by atoms with E-state index in [4.69, 9.17) is 10.5 Å². The molecule has 0 aliphatic carbocycles. The minimum absolute atomic E-state index is 0.418. The van der Waals surface area contributed by atoms with Crippen molar-refractivity contribution in [2.45, 2.75) is 19.9 Å². The van der Waals surface area contributed by atoms with Crippen LogP contribution in [0.3, 0.4) is 0 Å². The van der Waals surface area contributed by atoms with Gasteiger partial charge < -0.3 is 15.8 Å². The average Bonchev–Trinajstić information content (AvgIpc) is 2.46. The van der Waals surface area contributed by atoms with E-state index in [1.807, 2.05) is 56.3 Å². The molecular formula is C17H20N2O2. The number of anilines is 1. The summed E-state index contributed by atoms with van der Waals surface area (Å²) in [4.78, 5) is 11.9. The van der Waals surface area contributed by atoms with Gasteiger partial charge in [0.05, 0.1) is 12.8 Å². The normalized spacial score (nSPS) is 11.8. The van der Waals surface area contributed by atoms with Gasteiger partial charge in [0.15, 0.2) is 0 Å². The summed E-state index contributed by atoms with van der Waals surface area (Å²) in [5.74, 6) is 0.258. The number of rotatable bonds is 5. The Hall–Kier alpha value is -2.49. The number of carbonyl (C=O) groups excluding carboxylic acids is 1. The standard InChI is InChI=1S/C17H20N2O2/c1-11-7-6-8-12(2)15(11)16(17(18)20)19-13-9-4-5-10-14(13)21-3/h4-10,16,19H,1-3H3,(H2,18,20). The highest BCUT2D eigenvalue weighted by atomic mass is 16.5. The third-order valence-electron chi connectivity index (χ3n) is 3.52. The number of methoxy groups -OCH3 is 1. The first kappa shape index (κ1) is 14.9. The minimum Gasteiger partial charge on any atom is -0.495 e. The molecule has 0 aromatic heterocycles. The van der Waals surface area contributed by atoms with Crippen LogP contribution in [0.1, 0.15) is 22.7 Å². The molecule has 0 saturated carbocycles. The van der Waals surface area contributed by atoms with Gasteiger partial charge in [-0.25, -0.2) is 0 Å². The maximum atomic E-state index is 11.9. The number of aryl methyl sites for hydroxylation is 2. The zero-order chi connectivity index (χ0) is 15.4. The molecule has 0 bridgehead atoms. The van der Waals surface area contributed by atoms with Gasteiger partial charge in [-0.2, -0.15) is 0 Å². The molecular weight excluding hydrogens is 264 g/mol. The van der Waals surface area contributed by atoms with E-state index in [0.717, 1.165) is 22.4 Å². The molecule has 0 radical (unpaired) electrons. The Morgan fingerprint density at radius 1 is 1.10 bits per heavy atom. The average molecular weight is 284 g/mol. The highest BCUT2D eigenvalue weighted by molar-refractivity contribution is 5.86. The molecule has 4 nitrogen and oxygen atoms in total. The summed E-state index contributed by atoms with van der Waals surface area (Å²) in [5.41, 5.74) is 9.32. The van der Waals surface area contributed by atoms with Crippen molar-refractivity contribution in [2.24, 2.45) is 5.73 Å². The first-order valence-electron chi connectivity index (χ1n) is 6.79. The van der Waals surface area contributed by atoms with Crippen LogP contribution in [0.15, 0.2) is 42.5 Å². The lowest BCUT2D eigenvalue weighted by molar-refractivity contribution is -0.118. The summed E-state index contributed by atoms with van der Waals surface area (Å²) in [6.45, 7) is 3.95.